The summed E-state index contributed by atoms with van der Waals surface area (Å²) in [6.45, 7) is 6.44. The molecular formula is C55H101NO5. The summed E-state index contributed by atoms with van der Waals surface area (Å²) < 4.78 is 5.92. The molecule has 3 N–H and O–H groups in total. The largest absolute Gasteiger partial charge is 0.462 e. The Morgan fingerprint density at radius 1 is 0.475 bits per heavy atom. The first kappa shape index (κ1) is 58.8. The molecule has 0 saturated heterocycles. The van der Waals surface area contributed by atoms with Gasteiger partial charge in [0.25, 0.3) is 0 Å². The van der Waals surface area contributed by atoms with Crippen LogP contribution in [0.15, 0.2) is 48.6 Å². The fraction of sp³-hybridized carbons (Fsp3) is 0.818. The first-order valence-corrected chi connectivity index (χ1v) is 26.4. The van der Waals surface area contributed by atoms with Gasteiger partial charge in [-0.25, -0.2) is 0 Å². The lowest BCUT2D eigenvalue weighted by molar-refractivity contribution is -0.151. The van der Waals surface area contributed by atoms with Gasteiger partial charge in [-0.3, -0.25) is 9.59 Å². The number of aliphatic hydroxyl groups excluding tert-OH is 2. The van der Waals surface area contributed by atoms with Crippen molar-refractivity contribution >= 4 is 11.9 Å². The second-order valence-electron chi connectivity index (χ2n) is 17.9. The molecule has 0 aliphatic rings. The maximum absolute atomic E-state index is 13.2. The molecule has 6 heteroatoms. The van der Waals surface area contributed by atoms with Gasteiger partial charge in [0.15, 0.2) is 0 Å². The van der Waals surface area contributed by atoms with Crippen molar-refractivity contribution in [3.63, 3.8) is 0 Å². The predicted octanol–water partition coefficient (Wildman–Crippen LogP) is 15.8. The highest BCUT2D eigenvalue weighted by Gasteiger charge is 2.24. The molecule has 61 heavy (non-hydrogen) atoms. The Bertz CT molecular complexity index is 1050. The Morgan fingerprint density at radius 2 is 0.836 bits per heavy atom. The molecule has 0 aromatic rings. The van der Waals surface area contributed by atoms with Gasteiger partial charge in [0.1, 0.15) is 6.10 Å². The van der Waals surface area contributed by atoms with Crippen molar-refractivity contribution in [2.75, 3.05) is 6.61 Å². The van der Waals surface area contributed by atoms with Crippen LogP contribution < -0.4 is 5.32 Å². The predicted molar refractivity (Wildman–Crippen MR) is 264 cm³/mol. The van der Waals surface area contributed by atoms with Crippen molar-refractivity contribution in [3.8, 4) is 0 Å². The Balaban J connectivity index is 4.65. The summed E-state index contributed by atoms with van der Waals surface area (Å²) >= 11 is 0. The summed E-state index contributed by atoms with van der Waals surface area (Å²) in [7, 11) is 0. The van der Waals surface area contributed by atoms with Crippen LogP contribution in [0.2, 0.25) is 0 Å². The average Bonchev–Trinajstić information content (AvgIpc) is 3.25. The minimum Gasteiger partial charge on any atom is -0.462 e. The third-order valence-corrected chi connectivity index (χ3v) is 11.9. The van der Waals surface area contributed by atoms with Crippen LogP contribution in [0.5, 0.6) is 0 Å². The number of hydrogen-bond acceptors (Lipinski definition) is 5. The van der Waals surface area contributed by atoms with Gasteiger partial charge in [-0.05, 0) is 89.9 Å². The van der Waals surface area contributed by atoms with Crippen LogP contribution in [0.3, 0.4) is 0 Å². The Kier molecular flexibility index (Phi) is 47.1. The van der Waals surface area contributed by atoms with Gasteiger partial charge in [0, 0.05) is 6.42 Å². The van der Waals surface area contributed by atoms with E-state index in [1.807, 2.05) is 0 Å². The monoisotopic (exact) mass is 856 g/mol. The number of hydrogen-bond donors (Lipinski definition) is 3. The van der Waals surface area contributed by atoms with E-state index in [4.69, 9.17) is 4.74 Å². The number of carbonyl (C=O) groups is 2. The van der Waals surface area contributed by atoms with E-state index in [0.29, 0.717) is 19.3 Å². The van der Waals surface area contributed by atoms with E-state index in [0.717, 1.165) is 77.0 Å². The number of nitrogens with one attached hydrogen (secondary N) is 1. The molecule has 0 saturated carbocycles. The molecule has 6 nitrogen and oxygen atoms in total. The number of amides is 1. The summed E-state index contributed by atoms with van der Waals surface area (Å²) in [6.07, 6.45) is 58.8. The first-order valence-electron chi connectivity index (χ1n) is 26.4. The van der Waals surface area contributed by atoms with Crippen LogP contribution >= 0.6 is 0 Å². The van der Waals surface area contributed by atoms with E-state index in [2.05, 4.69) is 74.7 Å². The standard InChI is InChI=1S/C55H101NO5/c1-4-7-10-13-16-19-22-24-26-28-30-33-36-39-42-45-48-55(60)61-51(46-43-40-37-34-32-29-27-25-23-20-17-14-11-8-5-2)49-54(59)56-52(50-57)53(58)47-44-41-38-35-31-21-18-15-12-9-6-3/h17,20,25-28,32,34,51-53,57-58H,4-16,18-19,21-24,29-31,33,35-50H2,1-3H3,(H,56,59)/b20-17-,27-25-,28-26+,34-32-. The van der Waals surface area contributed by atoms with Crippen molar-refractivity contribution in [3.05, 3.63) is 48.6 Å². The third kappa shape index (κ3) is 44.2. The van der Waals surface area contributed by atoms with Gasteiger partial charge in [-0.1, -0.05) is 211 Å². The number of ether oxygens (including phenoxy) is 1. The van der Waals surface area contributed by atoms with Crippen molar-refractivity contribution in [2.45, 2.75) is 283 Å². The van der Waals surface area contributed by atoms with Gasteiger partial charge in [-0.15, -0.1) is 0 Å². The number of unbranched alkanes of at least 4 members (excludes halogenated alkanes) is 27. The van der Waals surface area contributed by atoms with Crippen LogP contribution in [0.4, 0.5) is 0 Å². The van der Waals surface area contributed by atoms with Crippen LogP contribution in [-0.2, 0) is 14.3 Å². The normalized spacial score (nSPS) is 13.6. The summed E-state index contributed by atoms with van der Waals surface area (Å²) in [5.74, 6) is -0.516. The molecule has 0 radical (unpaired) electrons. The van der Waals surface area contributed by atoms with Crippen molar-refractivity contribution in [1.29, 1.82) is 0 Å². The molecular weight excluding hydrogens is 755 g/mol. The van der Waals surface area contributed by atoms with E-state index in [-0.39, 0.29) is 24.9 Å². The molecule has 0 bridgehead atoms. The molecule has 3 unspecified atom stereocenters. The highest BCUT2D eigenvalue weighted by molar-refractivity contribution is 5.77. The summed E-state index contributed by atoms with van der Waals surface area (Å²) in [5, 5.41) is 23.7. The summed E-state index contributed by atoms with van der Waals surface area (Å²) in [4.78, 5) is 26.1. The fourth-order valence-electron chi connectivity index (χ4n) is 7.84. The first-order chi connectivity index (χ1) is 30.0. The average molecular weight is 856 g/mol. The quantitative estimate of drug-likeness (QED) is 0.0322. The van der Waals surface area contributed by atoms with Crippen LogP contribution in [0.25, 0.3) is 0 Å². The van der Waals surface area contributed by atoms with Crippen LogP contribution in [0.1, 0.15) is 265 Å². The number of carbonyl (C=O) groups excluding carboxylic acids is 2. The van der Waals surface area contributed by atoms with Gasteiger partial charge in [-0.2, -0.15) is 0 Å². The topological polar surface area (TPSA) is 95.9 Å². The van der Waals surface area contributed by atoms with E-state index in [1.54, 1.807) is 0 Å². The minimum atomic E-state index is -0.798. The van der Waals surface area contributed by atoms with Gasteiger partial charge < -0.3 is 20.3 Å². The fourth-order valence-corrected chi connectivity index (χ4v) is 7.84. The van der Waals surface area contributed by atoms with Gasteiger partial charge in [0.2, 0.25) is 5.91 Å². The van der Waals surface area contributed by atoms with Crippen molar-refractivity contribution < 1.29 is 24.5 Å². The lowest BCUT2D eigenvalue weighted by Gasteiger charge is -2.24. The molecule has 356 valence electrons. The molecule has 0 rings (SSSR count). The second-order valence-corrected chi connectivity index (χ2v) is 17.9. The number of allylic oxidation sites excluding steroid dienone is 8. The van der Waals surface area contributed by atoms with E-state index >= 15 is 0 Å². The van der Waals surface area contributed by atoms with E-state index < -0.39 is 18.2 Å². The highest BCUT2D eigenvalue weighted by atomic mass is 16.5. The maximum Gasteiger partial charge on any atom is 0.306 e. The smallest absolute Gasteiger partial charge is 0.306 e. The molecule has 3 atom stereocenters. The Morgan fingerprint density at radius 3 is 1.33 bits per heavy atom. The van der Waals surface area contributed by atoms with E-state index in [9.17, 15) is 19.8 Å². The molecule has 0 aromatic carbocycles. The number of rotatable bonds is 47. The SMILES string of the molecule is CCCCC/C=C\C/C=C\C/C=C\CCCCC(CC(=O)NC(CO)C(O)CCCCCCCCCCCCC)OC(=O)CCCCCCC/C=C/CCCCCCCCC. The zero-order chi connectivity index (χ0) is 44.5. The second kappa shape index (κ2) is 48.8. The number of aliphatic hydroxyl groups is 2. The molecule has 1 amide bonds. The highest BCUT2D eigenvalue weighted by Crippen LogP contribution is 2.17. The lowest BCUT2D eigenvalue weighted by Crippen LogP contribution is -2.46. The van der Waals surface area contributed by atoms with Crippen LogP contribution in [0, 0.1) is 0 Å². The Hall–Kier alpha value is -2.18. The third-order valence-electron chi connectivity index (χ3n) is 11.9. The number of esters is 1. The zero-order valence-corrected chi connectivity index (χ0v) is 40.5. The van der Waals surface area contributed by atoms with Crippen molar-refractivity contribution in [2.24, 2.45) is 0 Å². The van der Waals surface area contributed by atoms with E-state index in [1.165, 1.54) is 141 Å². The molecule has 0 spiro atoms. The summed E-state index contributed by atoms with van der Waals surface area (Å²) in [5.41, 5.74) is 0. The Labute approximate surface area is 378 Å². The summed E-state index contributed by atoms with van der Waals surface area (Å²) in [6, 6.07) is -0.714. The van der Waals surface area contributed by atoms with Gasteiger partial charge >= 0.3 is 5.97 Å². The van der Waals surface area contributed by atoms with Crippen LogP contribution in [-0.4, -0.2) is 46.9 Å². The minimum absolute atomic E-state index is 0.0492. The molecule has 0 fully saturated rings. The molecule has 0 aromatic heterocycles. The van der Waals surface area contributed by atoms with Crippen molar-refractivity contribution in [1.82, 2.24) is 5.32 Å². The zero-order valence-electron chi connectivity index (χ0n) is 40.5. The molecule has 0 aliphatic heterocycles. The molecule has 0 aliphatic carbocycles. The molecule has 0 heterocycles. The van der Waals surface area contributed by atoms with Gasteiger partial charge in [0.05, 0.1) is 25.2 Å². The lowest BCUT2D eigenvalue weighted by atomic mass is 10.0. The maximum atomic E-state index is 13.2.